The van der Waals surface area contributed by atoms with E-state index in [9.17, 15) is 8.42 Å². The van der Waals surface area contributed by atoms with Gasteiger partial charge in [0.2, 0.25) is 10.0 Å². The van der Waals surface area contributed by atoms with Crippen LogP contribution in [0.4, 0.5) is 5.69 Å². The first kappa shape index (κ1) is 13.8. The highest BCUT2D eigenvalue weighted by Gasteiger charge is 2.27. The van der Waals surface area contributed by atoms with Gasteiger partial charge in [0.1, 0.15) is 0 Å². The van der Waals surface area contributed by atoms with E-state index in [-0.39, 0.29) is 5.25 Å². The zero-order chi connectivity index (χ0) is 13.2. The molecular formula is C12H17BrN2O2S. The summed E-state index contributed by atoms with van der Waals surface area (Å²) in [6, 6.07) is 5.59. The van der Waals surface area contributed by atoms with Gasteiger partial charge in [0.25, 0.3) is 0 Å². The molecule has 0 radical (unpaired) electrons. The molecule has 0 aliphatic carbocycles. The monoisotopic (exact) mass is 332 g/mol. The van der Waals surface area contributed by atoms with Gasteiger partial charge in [-0.25, -0.2) is 8.42 Å². The van der Waals surface area contributed by atoms with Crippen LogP contribution in [0.5, 0.6) is 0 Å². The van der Waals surface area contributed by atoms with Gasteiger partial charge < -0.3 is 5.32 Å². The van der Waals surface area contributed by atoms with Gasteiger partial charge in [0.15, 0.2) is 0 Å². The van der Waals surface area contributed by atoms with Crippen LogP contribution in [-0.2, 0) is 10.0 Å². The lowest BCUT2D eigenvalue weighted by Crippen LogP contribution is -2.38. The maximum atomic E-state index is 12.2. The van der Waals surface area contributed by atoms with Crippen molar-refractivity contribution in [2.24, 2.45) is 0 Å². The second-order valence-electron chi connectivity index (χ2n) is 4.58. The molecule has 1 aliphatic heterocycles. The van der Waals surface area contributed by atoms with Crippen LogP contribution in [-0.4, -0.2) is 26.8 Å². The topological polar surface area (TPSA) is 58.2 Å². The van der Waals surface area contributed by atoms with E-state index in [0.29, 0.717) is 18.5 Å². The maximum absolute atomic E-state index is 12.2. The molecule has 0 amide bonds. The second-order valence-corrected chi connectivity index (χ2v) is 7.39. The highest BCUT2D eigenvalue weighted by atomic mass is 79.9. The van der Waals surface area contributed by atoms with Crippen molar-refractivity contribution in [3.8, 4) is 0 Å². The highest BCUT2D eigenvalue weighted by molar-refractivity contribution is 9.10. The summed E-state index contributed by atoms with van der Waals surface area (Å²) in [5.41, 5.74) is 1.70. The fraction of sp³-hybridized carbons (Fsp3) is 0.500. The molecule has 6 heteroatoms. The van der Waals surface area contributed by atoms with Gasteiger partial charge >= 0.3 is 0 Å². The van der Waals surface area contributed by atoms with Crippen LogP contribution in [0, 0.1) is 6.92 Å². The lowest BCUT2D eigenvalue weighted by Gasteiger charge is -2.23. The summed E-state index contributed by atoms with van der Waals surface area (Å²) < 4.78 is 27.9. The van der Waals surface area contributed by atoms with Gasteiger partial charge in [-0.3, -0.25) is 4.72 Å². The number of halogens is 1. The summed E-state index contributed by atoms with van der Waals surface area (Å²) in [6.07, 6.45) is 1.33. The molecule has 0 atom stereocenters. The number of piperidine rings is 1. The largest absolute Gasteiger partial charge is 0.317 e. The number of hydrogen-bond acceptors (Lipinski definition) is 3. The van der Waals surface area contributed by atoms with E-state index in [4.69, 9.17) is 0 Å². The molecule has 4 nitrogen and oxygen atoms in total. The molecule has 1 heterocycles. The first-order valence-electron chi connectivity index (χ1n) is 5.97. The van der Waals surface area contributed by atoms with Crippen molar-refractivity contribution in [3.63, 3.8) is 0 Å². The summed E-state index contributed by atoms with van der Waals surface area (Å²) in [5, 5.41) is 2.87. The van der Waals surface area contributed by atoms with Crippen LogP contribution in [0.3, 0.4) is 0 Å². The Morgan fingerprint density at radius 1 is 1.33 bits per heavy atom. The van der Waals surface area contributed by atoms with Crippen molar-refractivity contribution >= 4 is 31.6 Å². The Morgan fingerprint density at radius 3 is 2.61 bits per heavy atom. The minimum atomic E-state index is -3.29. The van der Waals surface area contributed by atoms with Crippen LogP contribution in [0.25, 0.3) is 0 Å². The quantitative estimate of drug-likeness (QED) is 0.892. The third-order valence-electron chi connectivity index (χ3n) is 3.10. The predicted molar refractivity (Wildman–Crippen MR) is 77.3 cm³/mol. The Morgan fingerprint density at radius 2 is 2.00 bits per heavy atom. The van der Waals surface area contributed by atoms with E-state index in [1.54, 1.807) is 6.07 Å². The molecule has 1 aliphatic rings. The Balaban J connectivity index is 2.16. The highest BCUT2D eigenvalue weighted by Crippen LogP contribution is 2.26. The number of nitrogens with one attached hydrogen (secondary N) is 2. The van der Waals surface area contributed by atoms with Gasteiger partial charge in [-0.2, -0.15) is 0 Å². The van der Waals surface area contributed by atoms with Crippen LogP contribution < -0.4 is 10.0 Å². The Kier molecular flexibility index (Phi) is 4.29. The van der Waals surface area contributed by atoms with Crippen molar-refractivity contribution in [1.29, 1.82) is 0 Å². The number of aryl methyl sites for hydroxylation is 1. The molecule has 1 aromatic rings. The number of hydrogen-bond donors (Lipinski definition) is 2. The Labute approximate surface area is 116 Å². The first-order valence-corrected chi connectivity index (χ1v) is 8.31. The van der Waals surface area contributed by atoms with E-state index in [1.165, 1.54) is 0 Å². The second kappa shape index (κ2) is 5.59. The van der Waals surface area contributed by atoms with Crippen molar-refractivity contribution < 1.29 is 8.42 Å². The summed E-state index contributed by atoms with van der Waals surface area (Å²) >= 11 is 3.38. The Hall–Kier alpha value is -0.590. The molecule has 0 saturated carbocycles. The van der Waals surface area contributed by atoms with E-state index < -0.39 is 10.0 Å². The van der Waals surface area contributed by atoms with E-state index in [1.807, 2.05) is 19.1 Å². The number of sulfonamides is 1. The molecule has 0 unspecified atom stereocenters. The number of rotatable bonds is 3. The summed E-state index contributed by atoms with van der Waals surface area (Å²) in [7, 11) is -3.29. The van der Waals surface area contributed by atoms with E-state index >= 15 is 0 Å². The minimum Gasteiger partial charge on any atom is -0.317 e. The van der Waals surface area contributed by atoms with Gasteiger partial charge in [0.05, 0.1) is 10.9 Å². The average Bonchev–Trinajstić information content (AvgIpc) is 2.34. The smallest absolute Gasteiger partial charge is 0.235 e. The molecule has 2 N–H and O–H groups in total. The first-order chi connectivity index (χ1) is 8.49. The molecule has 0 aromatic heterocycles. The fourth-order valence-corrected chi connectivity index (χ4v) is 4.28. The molecular weight excluding hydrogens is 316 g/mol. The molecule has 1 fully saturated rings. The van der Waals surface area contributed by atoms with E-state index in [2.05, 4.69) is 26.0 Å². The third kappa shape index (κ3) is 3.24. The van der Waals surface area contributed by atoms with Crippen molar-refractivity contribution in [2.75, 3.05) is 17.8 Å². The van der Waals surface area contributed by atoms with Crippen LogP contribution in [0.2, 0.25) is 0 Å². The lowest BCUT2D eigenvalue weighted by atomic mass is 10.2. The Bertz CT molecular complexity index is 525. The number of anilines is 1. The van der Waals surface area contributed by atoms with Gasteiger partial charge in [-0.05, 0) is 66.5 Å². The van der Waals surface area contributed by atoms with Crippen molar-refractivity contribution in [2.45, 2.75) is 25.0 Å². The third-order valence-corrected chi connectivity index (χ3v) is 5.61. The van der Waals surface area contributed by atoms with Crippen molar-refractivity contribution in [3.05, 3.63) is 28.2 Å². The lowest BCUT2D eigenvalue weighted by molar-refractivity contribution is 0.499. The molecule has 1 saturated heterocycles. The predicted octanol–water partition coefficient (Wildman–Crippen LogP) is 2.25. The zero-order valence-corrected chi connectivity index (χ0v) is 12.6. The number of benzene rings is 1. The zero-order valence-electron chi connectivity index (χ0n) is 10.2. The summed E-state index contributed by atoms with van der Waals surface area (Å²) in [6.45, 7) is 3.50. The molecule has 0 bridgehead atoms. The van der Waals surface area contributed by atoms with Gasteiger partial charge in [0, 0.05) is 4.47 Å². The minimum absolute atomic E-state index is 0.299. The van der Waals surface area contributed by atoms with Gasteiger partial charge in [-0.1, -0.05) is 6.07 Å². The average molecular weight is 333 g/mol. The molecule has 1 aromatic carbocycles. The van der Waals surface area contributed by atoms with Crippen LogP contribution in [0.1, 0.15) is 18.4 Å². The maximum Gasteiger partial charge on any atom is 0.235 e. The molecule has 100 valence electrons. The fourth-order valence-electron chi connectivity index (χ4n) is 2.05. The summed E-state index contributed by atoms with van der Waals surface area (Å²) in [4.78, 5) is 0. The van der Waals surface area contributed by atoms with Crippen molar-refractivity contribution in [1.82, 2.24) is 5.32 Å². The van der Waals surface area contributed by atoms with Crippen LogP contribution >= 0.6 is 15.9 Å². The van der Waals surface area contributed by atoms with Gasteiger partial charge in [-0.15, -0.1) is 0 Å². The molecule has 0 spiro atoms. The van der Waals surface area contributed by atoms with E-state index in [0.717, 1.165) is 23.1 Å². The normalized spacial score (nSPS) is 17.7. The van der Waals surface area contributed by atoms with Crippen LogP contribution in [0.15, 0.2) is 22.7 Å². The SMILES string of the molecule is Cc1ccc(NS(=O)(=O)C2CCNCC2)c(Br)c1. The molecule has 18 heavy (non-hydrogen) atoms. The summed E-state index contributed by atoms with van der Waals surface area (Å²) in [5.74, 6) is 0. The standard InChI is InChI=1S/C12H17BrN2O2S/c1-9-2-3-12(11(13)8-9)15-18(16,17)10-4-6-14-7-5-10/h2-3,8,10,14-15H,4-7H2,1H3. The molecule has 2 rings (SSSR count).